The van der Waals surface area contributed by atoms with Gasteiger partial charge in [0.2, 0.25) is 10.0 Å². The molecular weight excluding hydrogens is 216 g/mol. The largest absolute Gasteiger partial charge is 0.437 e. The average Bonchev–Trinajstić information content (AvgIpc) is 1.95. The van der Waals surface area contributed by atoms with Crippen LogP contribution in [0.25, 0.3) is 0 Å². The van der Waals surface area contributed by atoms with E-state index in [1.165, 1.54) is 19.0 Å². The maximum atomic E-state index is 10.8. The molecule has 0 spiro atoms. The molecule has 0 heterocycles. The SMILES string of the molecule is CN(C)C(=O)OCSNS(C)(=O)=O. The van der Waals surface area contributed by atoms with Gasteiger partial charge in [0, 0.05) is 14.1 Å². The number of rotatable bonds is 4. The second kappa shape index (κ2) is 5.30. The highest BCUT2D eigenvalue weighted by Crippen LogP contribution is 1.98. The van der Waals surface area contributed by atoms with E-state index in [9.17, 15) is 13.2 Å². The Morgan fingerprint density at radius 3 is 2.46 bits per heavy atom. The van der Waals surface area contributed by atoms with Gasteiger partial charge in [-0.05, 0) is 11.9 Å². The van der Waals surface area contributed by atoms with Crippen molar-refractivity contribution >= 4 is 28.1 Å². The molecule has 0 unspecified atom stereocenters. The average molecular weight is 228 g/mol. The number of carbonyl (C=O) groups excluding carboxylic acids is 1. The minimum atomic E-state index is -3.23. The van der Waals surface area contributed by atoms with Gasteiger partial charge in [-0.25, -0.2) is 13.2 Å². The van der Waals surface area contributed by atoms with Crippen LogP contribution in [0.3, 0.4) is 0 Å². The first kappa shape index (κ1) is 12.5. The molecule has 6 nitrogen and oxygen atoms in total. The number of nitrogens with zero attached hydrogens (tertiary/aromatic N) is 1. The van der Waals surface area contributed by atoms with Gasteiger partial charge >= 0.3 is 6.09 Å². The molecule has 0 rings (SSSR count). The van der Waals surface area contributed by atoms with Gasteiger partial charge in [-0.1, -0.05) is 0 Å². The molecule has 8 heteroatoms. The van der Waals surface area contributed by atoms with Crippen molar-refractivity contribution in [1.29, 1.82) is 0 Å². The van der Waals surface area contributed by atoms with E-state index in [-0.39, 0.29) is 5.94 Å². The molecule has 0 aliphatic rings. The Morgan fingerprint density at radius 2 is 2.08 bits per heavy atom. The first-order valence-corrected chi connectivity index (χ1v) is 6.13. The number of ether oxygens (including phenoxy) is 1. The minimum absolute atomic E-state index is 0.0515. The van der Waals surface area contributed by atoms with E-state index in [2.05, 4.69) is 8.86 Å². The second-order valence-corrected chi connectivity index (χ2v) is 5.16. The molecule has 0 saturated carbocycles. The van der Waals surface area contributed by atoms with Gasteiger partial charge in [0.15, 0.2) is 5.94 Å². The molecule has 13 heavy (non-hydrogen) atoms. The minimum Gasteiger partial charge on any atom is -0.437 e. The zero-order valence-electron chi connectivity index (χ0n) is 7.60. The molecule has 1 N–H and O–H groups in total. The number of hydrogen-bond donors (Lipinski definition) is 1. The maximum Gasteiger partial charge on any atom is 0.410 e. The lowest BCUT2D eigenvalue weighted by atomic mass is 10.9. The third-order valence-corrected chi connectivity index (χ3v) is 2.73. The number of nitrogens with one attached hydrogen (secondary N) is 1. The van der Waals surface area contributed by atoms with Crippen molar-refractivity contribution in [3.63, 3.8) is 0 Å². The van der Waals surface area contributed by atoms with Gasteiger partial charge in [-0.15, -0.1) is 0 Å². The third kappa shape index (κ3) is 7.88. The lowest BCUT2D eigenvalue weighted by Crippen LogP contribution is -2.23. The summed E-state index contributed by atoms with van der Waals surface area (Å²) in [5.41, 5.74) is 0. The Kier molecular flexibility index (Phi) is 5.11. The van der Waals surface area contributed by atoms with Crippen LogP contribution in [-0.2, 0) is 14.8 Å². The molecule has 0 aromatic heterocycles. The molecule has 0 aliphatic carbocycles. The molecule has 0 aliphatic heterocycles. The smallest absolute Gasteiger partial charge is 0.410 e. The molecular formula is C5H12N2O4S2. The van der Waals surface area contributed by atoms with Crippen molar-refractivity contribution in [2.75, 3.05) is 26.3 Å². The van der Waals surface area contributed by atoms with E-state index in [4.69, 9.17) is 0 Å². The van der Waals surface area contributed by atoms with Gasteiger partial charge < -0.3 is 9.64 Å². The van der Waals surface area contributed by atoms with Crippen LogP contribution in [0.15, 0.2) is 0 Å². The summed E-state index contributed by atoms with van der Waals surface area (Å²) in [6, 6.07) is 0. The summed E-state index contributed by atoms with van der Waals surface area (Å²) >= 11 is 0.798. The van der Waals surface area contributed by atoms with Crippen molar-refractivity contribution in [1.82, 2.24) is 9.03 Å². The number of amides is 1. The fourth-order valence-corrected chi connectivity index (χ4v) is 1.55. The molecule has 0 bridgehead atoms. The summed E-state index contributed by atoms with van der Waals surface area (Å²) in [6.07, 6.45) is 0.510. The topological polar surface area (TPSA) is 75.7 Å². The van der Waals surface area contributed by atoms with Gasteiger partial charge in [-0.3, -0.25) is 0 Å². The predicted octanol–water partition coefficient (Wildman–Crippen LogP) is -0.160. The zero-order valence-corrected chi connectivity index (χ0v) is 9.24. The van der Waals surface area contributed by atoms with Crippen LogP contribution in [0.2, 0.25) is 0 Å². The van der Waals surface area contributed by atoms with Crippen molar-refractivity contribution < 1.29 is 17.9 Å². The van der Waals surface area contributed by atoms with Crippen molar-refractivity contribution in [3.8, 4) is 0 Å². The van der Waals surface area contributed by atoms with Crippen LogP contribution in [0, 0.1) is 0 Å². The first-order valence-electron chi connectivity index (χ1n) is 3.25. The second-order valence-electron chi connectivity index (χ2n) is 2.42. The number of hydrogen-bond acceptors (Lipinski definition) is 5. The summed E-state index contributed by atoms with van der Waals surface area (Å²) < 4.78 is 27.8. The molecule has 0 radical (unpaired) electrons. The lowest BCUT2D eigenvalue weighted by molar-refractivity contribution is 0.136. The lowest BCUT2D eigenvalue weighted by Gasteiger charge is -2.10. The highest BCUT2D eigenvalue weighted by atomic mass is 32.3. The first-order chi connectivity index (χ1) is 5.83. The summed E-state index contributed by atoms with van der Waals surface area (Å²) in [5, 5.41) is 0. The van der Waals surface area contributed by atoms with Crippen molar-refractivity contribution in [3.05, 3.63) is 0 Å². The number of sulfonamides is 1. The highest BCUT2D eigenvalue weighted by Gasteiger charge is 2.05. The molecule has 0 fully saturated rings. The third-order valence-electron chi connectivity index (χ3n) is 0.817. The van der Waals surface area contributed by atoms with Crippen LogP contribution < -0.4 is 4.13 Å². The molecule has 0 saturated heterocycles. The van der Waals surface area contributed by atoms with Gasteiger partial charge in [0.25, 0.3) is 0 Å². The van der Waals surface area contributed by atoms with E-state index in [1.807, 2.05) is 0 Å². The van der Waals surface area contributed by atoms with Crippen LogP contribution in [0.1, 0.15) is 0 Å². The Hall–Kier alpha value is -0.470. The standard InChI is InChI=1S/C5H12N2O4S2/c1-7(2)5(8)11-4-12-6-13(3,9)10/h6H,4H2,1-3H3. The predicted molar refractivity (Wildman–Crippen MR) is 50.6 cm³/mol. The van der Waals surface area contributed by atoms with Crippen molar-refractivity contribution in [2.45, 2.75) is 0 Å². The van der Waals surface area contributed by atoms with Gasteiger partial charge in [-0.2, -0.15) is 4.13 Å². The molecule has 78 valence electrons. The van der Waals surface area contributed by atoms with E-state index in [1.54, 1.807) is 0 Å². The van der Waals surface area contributed by atoms with Crippen LogP contribution in [0.5, 0.6) is 0 Å². The quantitative estimate of drug-likeness (QED) is 0.411. The van der Waals surface area contributed by atoms with Crippen LogP contribution in [0.4, 0.5) is 4.79 Å². The van der Waals surface area contributed by atoms with E-state index in [0.29, 0.717) is 0 Å². The summed E-state index contributed by atoms with van der Waals surface area (Å²) in [4.78, 5) is 12.0. The van der Waals surface area contributed by atoms with Gasteiger partial charge in [0.05, 0.1) is 6.26 Å². The Bertz CT molecular complexity index is 262. The van der Waals surface area contributed by atoms with Crippen LogP contribution in [-0.4, -0.2) is 45.7 Å². The summed E-state index contributed by atoms with van der Waals surface area (Å²) in [5.74, 6) is -0.0515. The summed E-state index contributed by atoms with van der Waals surface area (Å²) in [6.45, 7) is 0. The maximum absolute atomic E-state index is 10.8. The van der Waals surface area contributed by atoms with E-state index >= 15 is 0 Å². The van der Waals surface area contributed by atoms with Gasteiger partial charge in [0.1, 0.15) is 0 Å². The Balaban J connectivity index is 3.53. The normalized spacial score (nSPS) is 11.0. The summed E-state index contributed by atoms with van der Waals surface area (Å²) in [7, 11) is -0.157. The monoisotopic (exact) mass is 228 g/mol. The fourth-order valence-electron chi connectivity index (χ4n) is 0.340. The molecule has 0 aromatic rings. The van der Waals surface area contributed by atoms with E-state index < -0.39 is 16.1 Å². The van der Waals surface area contributed by atoms with Crippen molar-refractivity contribution in [2.24, 2.45) is 0 Å². The van der Waals surface area contributed by atoms with Crippen LogP contribution >= 0.6 is 11.9 Å². The van der Waals surface area contributed by atoms with E-state index in [0.717, 1.165) is 18.2 Å². The molecule has 1 amide bonds. The highest BCUT2D eigenvalue weighted by molar-refractivity contribution is 8.08. The molecule has 0 aromatic carbocycles. The Morgan fingerprint density at radius 1 is 1.54 bits per heavy atom. The fraction of sp³-hybridized carbons (Fsp3) is 0.800. The zero-order chi connectivity index (χ0) is 10.5. The number of carbonyl (C=O) groups is 1. The molecule has 0 atom stereocenters. The Labute approximate surface area is 81.8 Å².